The highest BCUT2D eigenvalue weighted by atomic mass is 32.2. The van der Waals surface area contributed by atoms with Crippen LogP contribution in [0.4, 0.5) is 0 Å². The van der Waals surface area contributed by atoms with Crippen LogP contribution in [-0.2, 0) is 16.4 Å². The van der Waals surface area contributed by atoms with Gasteiger partial charge in [-0.15, -0.1) is 0 Å². The van der Waals surface area contributed by atoms with Gasteiger partial charge in [0.25, 0.3) is 0 Å². The van der Waals surface area contributed by atoms with Gasteiger partial charge in [-0.2, -0.15) is 0 Å². The second-order valence-electron chi connectivity index (χ2n) is 6.95. The summed E-state index contributed by atoms with van der Waals surface area (Å²) in [6.07, 6.45) is 1.53. The molecular weight excluding hydrogens is 376 g/mol. The van der Waals surface area contributed by atoms with Crippen LogP contribution in [0.25, 0.3) is 11.1 Å². The molecule has 0 bridgehead atoms. The highest BCUT2D eigenvalue weighted by Gasteiger charge is 2.29. The van der Waals surface area contributed by atoms with Crippen molar-refractivity contribution in [3.05, 3.63) is 54.1 Å². The fourth-order valence-electron chi connectivity index (χ4n) is 3.54. The van der Waals surface area contributed by atoms with Crippen molar-refractivity contribution in [1.29, 1.82) is 0 Å². The smallest absolute Gasteiger partial charge is 0.211 e. The molecular formula is C21H28N2O4S. The summed E-state index contributed by atoms with van der Waals surface area (Å²) in [5.41, 5.74) is 3.14. The molecule has 152 valence electrons. The lowest BCUT2D eigenvalue weighted by molar-refractivity contribution is 0.202. The Hall–Kier alpha value is -1.93. The molecule has 0 aromatic heterocycles. The topological polar surface area (TPSA) is 87.7 Å². The van der Waals surface area contributed by atoms with E-state index in [1.807, 2.05) is 36.4 Å². The molecule has 28 heavy (non-hydrogen) atoms. The molecule has 1 aliphatic heterocycles. The van der Waals surface area contributed by atoms with E-state index in [2.05, 4.69) is 22.2 Å². The van der Waals surface area contributed by atoms with Crippen molar-refractivity contribution in [3.63, 3.8) is 0 Å². The molecule has 1 saturated heterocycles. The average molecular weight is 405 g/mol. The van der Waals surface area contributed by atoms with Crippen LogP contribution < -0.4 is 14.8 Å². The molecule has 3 rings (SSSR count). The number of rotatable bonds is 9. The number of hydrogen-bond acceptors (Lipinski definition) is 5. The van der Waals surface area contributed by atoms with Gasteiger partial charge in [-0.05, 0) is 43.5 Å². The van der Waals surface area contributed by atoms with Crippen LogP contribution in [0, 0.1) is 0 Å². The van der Waals surface area contributed by atoms with Crippen LogP contribution in [-0.4, -0.2) is 51.1 Å². The first-order valence-electron chi connectivity index (χ1n) is 9.68. The lowest BCUT2D eigenvalue weighted by Crippen LogP contribution is -2.45. The van der Waals surface area contributed by atoms with Crippen LogP contribution in [0.5, 0.6) is 5.75 Å². The molecule has 2 aromatic carbocycles. The number of sulfonamides is 1. The van der Waals surface area contributed by atoms with Crippen LogP contribution in [0.1, 0.15) is 18.9 Å². The van der Waals surface area contributed by atoms with Crippen LogP contribution in [0.2, 0.25) is 0 Å². The number of aliphatic hydroxyl groups is 1. The third kappa shape index (κ3) is 5.32. The fourth-order valence-corrected chi connectivity index (χ4v) is 4.45. The van der Waals surface area contributed by atoms with Crippen molar-refractivity contribution < 1.29 is 18.3 Å². The first kappa shape index (κ1) is 20.8. The van der Waals surface area contributed by atoms with E-state index in [4.69, 9.17) is 9.84 Å². The highest BCUT2D eigenvalue weighted by molar-refractivity contribution is 7.89. The van der Waals surface area contributed by atoms with Gasteiger partial charge in [0.15, 0.2) is 0 Å². The number of aliphatic hydroxyl groups excluding tert-OH is 1. The van der Waals surface area contributed by atoms with E-state index >= 15 is 0 Å². The number of nitrogens with one attached hydrogen (secondary N) is 2. The summed E-state index contributed by atoms with van der Waals surface area (Å²) in [7, 11) is -3.22. The van der Waals surface area contributed by atoms with Crippen molar-refractivity contribution in [1.82, 2.24) is 10.0 Å². The first-order valence-corrected chi connectivity index (χ1v) is 11.3. The maximum atomic E-state index is 11.9. The molecule has 0 spiro atoms. The summed E-state index contributed by atoms with van der Waals surface area (Å²) < 4.78 is 32.4. The van der Waals surface area contributed by atoms with Crippen molar-refractivity contribution in [2.75, 3.05) is 25.5 Å². The Morgan fingerprint density at radius 1 is 1.21 bits per heavy atom. The maximum absolute atomic E-state index is 11.9. The predicted molar refractivity (Wildman–Crippen MR) is 111 cm³/mol. The van der Waals surface area contributed by atoms with Crippen LogP contribution in [0.3, 0.4) is 0 Å². The third-order valence-corrected chi connectivity index (χ3v) is 6.41. The van der Waals surface area contributed by atoms with Crippen molar-refractivity contribution in [2.45, 2.75) is 31.8 Å². The Morgan fingerprint density at radius 2 is 2.04 bits per heavy atom. The van der Waals surface area contributed by atoms with E-state index in [9.17, 15) is 8.42 Å². The number of hydrogen-bond donors (Lipinski definition) is 3. The highest BCUT2D eigenvalue weighted by Crippen LogP contribution is 2.30. The minimum atomic E-state index is -3.22. The molecule has 0 radical (unpaired) electrons. The van der Waals surface area contributed by atoms with Gasteiger partial charge in [0.2, 0.25) is 10.0 Å². The fraction of sp³-hybridized carbons (Fsp3) is 0.429. The molecule has 1 heterocycles. The molecule has 1 fully saturated rings. The van der Waals surface area contributed by atoms with E-state index < -0.39 is 10.0 Å². The SMILES string of the molecule is CCS(=O)(=O)NC1CCNC1Cc1cccc(-c2ccccc2OCCO)c1. The Labute approximate surface area is 167 Å². The first-order chi connectivity index (χ1) is 13.5. The number of benzene rings is 2. The lowest BCUT2D eigenvalue weighted by atomic mass is 9.97. The van der Waals surface area contributed by atoms with Gasteiger partial charge < -0.3 is 15.2 Å². The van der Waals surface area contributed by atoms with Gasteiger partial charge in [0.1, 0.15) is 12.4 Å². The van der Waals surface area contributed by atoms with Crippen molar-refractivity contribution >= 4 is 10.0 Å². The zero-order chi connectivity index (χ0) is 20.0. The summed E-state index contributed by atoms with van der Waals surface area (Å²) in [6, 6.07) is 16.0. The average Bonchev–Trinajstić information content (AvgIpc) is 3.12. The van der Waals surface area contributed by atoms with E-state index in [1.165, 1.54) is 0 Å². The molecule has 6 nitrogen and oxygen atoms in total. The Bertz CT molecular complexity index is 885. The quantitative estimate of drug-likeness (QED) is 0.595. The van der Waals surface area contributed by atoms with Crippen molar-refractivity contribution in [3.8, 4) is 16.9 Å². The minimum absolute atomic E-state index is 0.0310. The van der Waals surface area contributed by atoms with Crippen LogP contribution >= 0.6 is 0 Å². The van der Waals surface area contributed by atoms with Gasteiger partial charge in [0.05, 0.1) is 12.4 Å². The zero-order valence-corrected chi connectivity index (χ0v) is 16.9. The predicted octanol–water partition coefficient (Wildman–Crippen LogP) is 1.94. The van der Waals surface area contributed by atoms with Crippen molar-refractivity contribution in [2.24, 2.45) is 0 Å². The van der Waals surface area contributed by atoms with Gasteiger partial charge in [-0.3, -0.25) is 0 Å². The Kier molecular flexibility index (Phi) is 7.07. The molecule has 3 N–H and O–H groups in total. The van der Waals surface area contributed by atoms with Gasteiger partial charge in [-0.1, -0.05) is 42.5 Å². The Balaban J connectivity index is 1.77. The van der Waals surface area contributed by atoms with Gasteiger partial charge >= 0.3 is 0 Å². The van der Waals surface area contributed by atoms with Gasteiger partial charge in [0, 0.05) is 17.6 Å². The summed E-state index contributed by atoms with van der Waals surface area (Å²) in [4.78, 5) is 0. The molecule has 0 saturated carbocycles. The summed E-state index contributed by atoms with van der Waals surface area (Å²) in [5, 5.41) is 12.5. The minimum Gasteiger partial charge on any atom is -0.491 e. The maximum Gasteiger partial charge on any atom is 0.211 e. The van der Waals surface area contributed by atoms with E-state index in [1.54, 1.807) is 6.92 Å². The molecule has 2 aromatic rings. The summed E-state index contributed by atoms with van der Waals surface area (Å²) in [5.74, 6) is 0.831. The summed E-state index contributed by atoms with van der Waals surface area (Å²) in [6.45, 7) is 2.68. The van der Waals surface area contributed by atoms with E-state index in [0.717, 1.165) is 41.8 Å². The molecule has 2 unspecified atom stereocenters. The normalized spacial score (nSPS) is 19.6. The second kappa shape index (κ2) is 9.52. The molecule has 2 atom stereocenters. The van der Waals surface area contributed by atoms with E-state index in [0.29, 0.717) is 0 Å². The lowest BCUT2D eigenvalue weighted by Gasteiger charge is -2.21. The number of ether oxygens (including phenoxy) is 1. The third-order valence-electron chi connectivity index (χ3n) is 4.99. The largest absolute Gasteiger partial charge is 0.491 e. The Morgan fingerprint density at radius 3 is 2.82 bits per heavy atom. The molecule has 1 aliphatic rings. The molecule has 0 aliphatic carbocycles. The van der Waals surface area contributed by atoms with Crippen LogP contribution in [0.15, 0.2) is 48.5 Å². The zero-order valence-electron chi connectivity index (χ0n) is 16.1. The monoisotopic (exact) mass is 404 g/mol. The standard InChI is InChI=1S/C21H28N2O4S/c1-2-28(25,26)23-19-10-11-22-20(19)15-16-6-5-7-17(14-16)18-8-3-4-9-21(18)27-13-12-24/h3-9,14,19-20,22-24H,2,10-13,15H2,1H3. The molecule has 0 amide bonds. The molecule has 7 heteroatoms. The number of para-hydroxylation sites is 1. The van der Waals surface area contributed by atoms with Gasteiger partial charge in [-0.25, -0.2) is 13.1 Å². The van der Waals surface area contributed by atoms with E-state index in [-0.39, 0.29) is 31.1 Å². The second-order valence-corrected chi connectivity index (χ2v) is 8.99. The summed E-state index contributed by atoms with van der Waals surface area (Å²) >= 11 is 0.